The third-order valence-corrected chi connectivity index (χ3v) is 3.23. The molecule has 0 aliphatic carbocycles. The molecular formula is C11H21BF4N2. The lowest BCUT2D eigenvalue weighted by Gasteiger charge is -2.35. The quantitative estimate of drug-likeness (QED) is 0.618. The molecular weight excluding hydrogens is 247 g/mol. The average molecular weight is 268 g/mol. The third-order valence-electron chi connectivity index (χ3n) is 3.23. The van der Waals surface area contributed by atoms with Gasteiger partial charge in [0, 0.05) is 13.3 Å². The van der Waals surface area contributed by atoms with E-state index >= 15 is 0 Å². The van der Waals surface area contributed by atoms with Crippen LogP contribution in [0.3, 0.4) is 0 Å². The standard InChI is InChI=1S/C11H20N2.BF4/c1-3-7-11(2,10-12)13-8-5-4-6-9-13;2-1(3,4)5/h3-9H2,1-2H3;/q;-1/p+1. The molecule has 1 atom stereocenters. The van der Waals surface area contributed by atoms with Gasteiger partial charge in [0.1, 0.15) is 6.07 Å². The molecule has 1 fully saturated rings. The first-order valence-corrected chi connectivity index (χ1v) is 6.36. The van der Waals surface area contributed by atoms with E-state index in [1.54, 1.807) is 0 Å². The Morgan fingerprint density at radius 3 is 1.94 bits per heavy atom. The summed E-state index contributed by atoms with van der Waals surface area (Å²) in [6, 6.07) is 2.51. The molecule has 0 bridgehead atoms. The zero-order chi connectivity index (χ0) is 14.2. The zero-order valence-electron chi connectivity index (χ0n) is 11.0. The minimum atomic E-state index is -6.00. The summed E-state index contributed by atoms with van der Waals surface area (Å²) in [4.78, 5) is 1.52. The van der Waals surface area contributed by atoms with Crippen LogP contribution >= 0.6 is 0 Å². The number of halogens is 4. The summed E-state index contributed by atoms with van der Waals surface area (Å²) in [5.41, 5.74) is -0.116. The summed E-state index contributed by atoms with van der Waals surface area (Å²) < 4.78 is 39.0. The number of likely N-dealkylation sites (tertiary alicyclic amines) is 1. The number of nitriles is 1. The van der Waals surface area contributed by atoms with E-state index < -0.39 is 7.25 Å². The monoisotopic (exact) mass is 268 g/mol. The average Bonchev–Trinajstić information content (AvgIpc) is 2.28. The maximum Gasteiger partial charge on any atom is 0.673 e. The normalized spacial score (nSPS) is 20.3. The fraction of sp³-hybridized carbons (Fsp3) is 0.909. The van der Waals surface area contributed by atoms with E-state index in [9.17, 15) is 22.5 Å². The Kier molecular flexibility index (Phi) is 7.30. The molecule has 1 saturated heterocycles. The van der Waals surface area contributed by atoms with Crippen LogP contribution in [0.25, 0.3) is 0 Å². The van der Waals surface area contributed by atoms with Crippen LogP contribution in [-0.4, -0.2) is 25.9 Å². The second-order valence-electron chi connectivity index (χ2n) is 4.85. The van der Waals surface area contributed by atoms with E-state index in [0.29, 0.717) is 0 Å². The summed E-state index contributed by atoms with van der Waals surface area (Å²) in [6.07, 6.45) is 6.12. The van der Waals surface area contributed by atoms with Gasteiger partial charge >= 0.3 is 7.25 Å². The summed E-state index contributed by atoms with van der Waals surface area (Å²) >= 11 is 0. The molecule has 0 aromatic rings. The Bertz CT molecular complexity index is 265. The summed E-state index contributed by atoms with van der Waals surface area (Å²) in [5.74, 6) is 0. The van der Waals surface area contributed by atoms with Crippen LogP contribution < -0.4 is 4.90 Å². The van der Waals surface area contributed by atoms with Gasteiger partial charge in [-0.25, -0.2) is 0 Å². The molecule has 0 radical (unpaired) electrons. The van der Waals surface area contributed by atoms with Crippen LogP contribution in [0, 0.1) is 11.3 Å². The molecule has 0 spiro atoms. The molecule has 106 valence electrons. The molecule has 0 aromatic heterocycles. The molecule has 2 nitrogen and oxygen atoms in total. The minimum Gasteiger partial charge on any atom is -0.418 e. The molecule has 7 heteroatoms. The van der Waals surface area contributed by atoms with E-state index in [1.165, 1.54) is 37.3 Å². The van der Waals surface area contributed by atoms with Crippen molar-refractivity contribution in [2.24, 2.45) is 0 Å². The summed E-state index contributed by atoms with van der Waals surface area (Å²) in [7, 11) is -6.00. The highest BCUT2D eigenvalue weighted by Gasteiger charge is 2.35. The van der Waals surface area contributed by atoms with Crippen LogP contribution in [0.5, 0.6) is 0 Å². The Morgan fingerprint density at radius 1 is 1.17 bits per heavy atom. The fourth-order valence-electron chi connectivity index (χ4n) is 2.34. The molecule has 18 heavy (non-hydrogen) atoms. The van der Waals surface area contributed by atoms with Crippen molar-refractivity contribution in [2.75, 3.05) is 13.1 Å². The second-order valence-corrected chi connectivity index (χ2v) is 4.85. The summed E-state index contributed by atoms with van der Waals surface area (Å²) in [6.45, 7) is 6.68. The minimum absolute atomic E-state index is 0.116. The van der Waals surface area contributed by atoms with Gasteiger partial charge < -0.3 is 22.2 Å². The van der Waals surface area contributed by atoms with Crippen molar-refractivity contribution in [3.63, 3.8) is 0 Å². The van der Waals surface area contributed by atoms with Gasteiger partial charge in [-0.3, -0.25) is 0 Å². The van der Waals surface area contributed by atoms with E-state index in [4.69, 9.17) is 0 Å². The first-order valence-electron chi connectivity index (χ1n) is 6.36. The molecule has 1 aliphatic rings. The smallest absolute Gasteiger partial charge is 0.418 e. The number of rotatable bonds is 3. The molecule has 1 unspecified atom stereocenters. The molecule has 1 N–H and O–H groups in total. The number of quaternary nitrogens is 1. The maximum atomic E-state index is 9.75. The Labute approximate surface area is 106 Å². The lowest BCUT2D eigenvalue weighted by Crippen LogP contribution is -3.20. The highest BCUT2D eigenvalue weighted by molar-refractivity contribution is 6.50. The van der Waals surface area contributed by atoms with Gasteiger partial charge in [0.15, 0.2) is 5.54 Å². The summed E-state index contributed by atoms with van der Waals surface area (Å²) in [5, 5.41) is 9.20. The van der Waals surface area contributed by atoms with E-state index in [-0.39, 0.29) is 5.54 Å². The Morgan fingerprint density at radius 2 is 1.61 bits per heavy atom. The van der Waals surface area contributed by atoms with Crippen LogP contribution in [0.2, 0.25) is 0 Å². The largest absolute Gasteiger partial charge is 0.673 e. The maximum absolute atomic E-state index is 9.75. The first-order chi connectivity index (χ1) is 8.23. The van der Waals surface area contributed by atoms with Crippen molar-refractivity contribution in [2.45, 2.75) is 51.5 Å². The van der Waals surface area contributed by atoms with Gasteiger partial charge in [0.05, 0.1) is 13.1 Å². The molecule has 1 heterocycles. The van der Waals surface area contributed by atoms with Gasteiger partial charge in [-0.1, -0.05) is 6.92 Å². The Balaban J connectivity index is 0.000000494. The van der Waals surface area contributed by atoms with Gasteiger partial charge in [-0.2, -0.15) is 5.26 Å². The van der Waals surface area contributed by atoms with Gasteiger partial charge in [0.25, 0.3) is 0 Å². The molecule has 1 rings (SSSR count). The SMILES string of the molecule is CCCC(C)(C#N)[NH+]1CCCCC1.F[B-](F)(F)F. The van der Waals surface area contributed by atoms with Gasteiger partial charge in [0.2, 0.25) is 0 Å². The van der Waals surface area contributed by atoms with E-state index in [1.807, 2.05) is 0 Å². The highest BCUT2D eigenvalue weighted by atomic mass is 19.5. The molecule has 0 aromatic carbocycles. The predicted octanol–water partition coefficient (Wildman–Crippen LogP) is 2.44. The number of piperidine rings is 1. The van der Waals surface area contributed by atoms with Crippen molar-refractivity contribution in [3.8, 4) is 6.07 Å². The van der Waals surface area contributed by atoms with Gasteiger partial charge in [-0.15, -0.1) is 0 Å². The topological polar surface area (TPSA) is 28.2 Å². The third kappa shape index (κ3) is 7.54. The van der Waals surface area contributed by atoms with E-state index in [2.05, 4.69) is 19.9 Å². The van der Waals surface area contributed by atoms with Crippen LogP contribution in [0.4, 0.5) is 17.3 Å². The van der Waals surface area contributed by atoms with Crippen molar-refractivity contribution in [1.29, 1.82) is 5.26 Å². The van der Waals surface area contributed by atoms with Crippen LogP contribution in [0.15, 0.2) is 0 Å². The lowest BCUT2D eigenvalue weighted by molar-refractivity contribution is -0.946. The second kappa shape index (κ2) is 7.62. The van der Waals surface area contributed by atoms with Crippen molar-refractivity contribution in [1.82, 2.24) is 0 Å². The predicted molar refractivity (Wildman–Crippen MR) is 63.7 cm³/mol. The fourth-order valence-corrected chi connectivity index (χ4v) is 2.34. The van der Waals surface area contributed by atoms with Gasteiger partial charge in [-0.05, 0) is 25.7 Å². The molecule has 1 aliphatic heterocycles. The van der Waals surface area contributed by atoms with E-state index in [0.717, 1.165) is 12.8 Å². The van der Waals surface area contributed by atoms with Crippen LogP contribution in [-0.2, 0) is 0 Å². The number of nitrogens with zero attached hydrogens (tertiary/aromatic N) is 1. The molecule has 0 amide bonds. The first kappa shape index (κ1) is 17.2. The Hall–Kier alpha value is -0.765. The van der Waals surface area contributed by atoms with Crippen molar-refractivity contribution in [3.05, 3.63) is 0 Å². The number of nitrogens with one attached hydrogen (secondary N) is 1. The zero-order valence-corrected chi connectivity index (χ0v) is 11.0. The van der Waals surface area contributed by atoms with Crippen molar-refractivity contribution < 1.29 is 22.2 Å². The molecule has 0 saturated carbocycles. The van der Waals surface area contributed by atoms with Crippen LogP contribution in [0.1, 0.15) is 46.0 Å². The number of hydrogen-bond donors (Lipinski definition) is 1. The lowest BCUT2D eigenvalue weighted by atomic mass is 9.93. The highest BCUT2D eigenvalue weighted by Crippen LogP contribution is 2.09. The number of hydrogen-bond acceptors (Lipinski definition) is 1. The van der Waals surface area contributed by atoms with Crippen molar-refractivity contribution >= 4 is 7.25 Å².